The van der Waals surface area contributed by atoms with Crippen molar-refractivity contribution in [3.05, 3.63) is 53.1 Å². The van der Waals surface area contributed by atoms with Crippen LogP contribution in [0.15, 0.2) is 42.5 Å². The molecule has 0 atom stereocenters. The number of primary amides is 1. The number of nitrogens with two attached hydrogens (primary N) is 1. The van der Waals surface area contributed by atoms with E-state index < -0.39 is 18.4 Å². The molecule has 0 unspecified atom stereocenters. The Morgan fingerprint density at radius 3 is 2.52 bits per heavy atom. The lowest BCUT2D eigenvalue weighted by Crippen LogP contribution is -2.21. The molecular formula is C16H13ClF2N2O4. The van der Waals surface area contributed by atoms with E-state index in [1.807, 2.05) is 0 Å². The molecule has 132 valence electrons. The monoisotopic (exact) mass is 370 g/mol. The van der Waals surface area contributed by atoms with Crippen LogP contribution in [0.25, 0.3) is 0 Å². The summed E-state index contributed by atoms with van der Waals surface area (Å²) in [4.78, 5) is 23.2. The van der Waals surface area contributed by atoms with E-state index in [9.17, 15) is 18.4 Å². The fourth-order valence-electron chi connectivity index (χ4n) is 1.90. The number of anilines is 1. The minimum Gasteiger partial charge on any atom is -0.483 e. The number of halogens is 3. The second-order valence-electron chi connectivity index (χ2n) is 4.73. The van der Waals surface area contributed by atoms with Crippen LogP contribution in [0.3, 0.4) is 0 Å². The van der Waals surface area contributed by atoms with E-state index in [1.165, 1.54) is 30.3 Å². The quantitative estimate of drug-likeness (QED) is 0.783. The Morgan fingerprint density at radius 1 is 1.16 bits per heavy atom. The van der Waals surface area contributed by atoms with E-state index in [1.54, 1.807) is 12.1 Å². The number of rotatable bonds is 7. The van der Waals surface area contributed by atoms with Crippen LogP contribution >= 0.6 is 11.6 Å². The molecule has 3 N–H and O–H groups in total. The minimum atomic E-state index is -3.01. The second kappa shape index (κ2) is 8.29. The van der Waals surface area contributed by atoms with E-state index in [0.29, 0.717) is 0 Å². The SMILES string of the molecule is NC(=O)COc1ccccc1C(=O)Nc1ccc(OC(F)F)c(Cl)c1. The van der Waals surface area contributed by atoms with E-state index in [4.69, 9.17) is 22.1 Å². The Morgan fingerprint density at radius 2 is 1.88 bits per heavy atom. The maximum atomic E-state index is 12.4. The fourth-order valence-corrected chi connectivity index (χ4v) is 2.12. The van der Waals surface area contributed by atoms with Crippen LogP contribution in [0.4, 0.5) is 14.5 Å². The van der Waals surface area contributed by atoms with E-state index in [0.717, 1.165) is 0 Å². The van der Waals surface area contributed by atoms with Gasteiger partial charge in [-0.05, 0) is 30.3 Å². The molecule has 0 fully saturated rings. The van der Waals surface area contributed by atoms with Gasteiger partial charge in [0.1, 0.15) is 11.5 Å². The van der Waals surface area contributed by atoms with Gasteiger partial charge in [0.05, 0.1) is 10.6 Å². The van der Waals surface area contributed by atoms with Crippen molar-refractivity contribution in [3.8, 4) is 11.5 Å². The Kier molecular flexibility index (Phi) is 6.13. The fraction of sp³-hybridized carbons (Fsp3) is 0.125. The number of alkyl halides is 2. The highest BCUT2D eigenvalue weighted by molar-refractivity contribution is 6.32. The van der Waals surface area contributed by atoms with Crippen molar-refractivity contribution in [1.29, 1.82) is 0 Å². The van der Waals surface area contributed by atoms with Gasteiger partial charge in [-0.1, -0.05) is 23.7 Å². The summed E-state index contributed by atoms with van der Waals surface area (Å²) in [7, 11) is 0. The molecule has 0 saturated carbocycles. The predicted molar refractivity (Wildman–Crippen MR) is 87.2 cm³/mol. The van der Waals surface area contributed by atoms with Crippen LogP contribution in [-0.2, 0) is 4.79 Å². The molecule has 0 aliphatic heterocycles. The molecule has 0 bridgehead atoms. The Bertz CT molecular complexity index is 786. The summed E-state index contributed by atoms with van der Waals surface area (Å²) in [5.41, 5.74) is 5.44. The molecule has 0 aliphatic rings. The molecule has 2 amide bonds. The summed E-state index contributed by atoms with van der Waals surface area (Å²) in [6.07, 6.45) is 0. The van der Waals surface area contributed by atoms with Gasteiger partial charge in [0.25, 0.3) is 11.8 Å². The van der Waals surface area contributed by atoms with E-state index in [-0.39, 0.29) is 34.4 Å². The smallest absolute Gasteiger partial charge is 0.387 e. The Balaban J connectivity index is 2.14. The first-order valence-corrected chi connectivity index (χ1v) is 7.30. The van der Waals surface area contributed by atoms with Gasteiger partial charge in [-0.2, -0.15) is 8.78 Å². The van der Waals surface area contributed by atoms with E-state index >= 15 is 0 Å². The van der Waals surface area contributed by atoms with Gasteiger partial charge < -0.3 is 20.5 Å². The molecule has 6 nitrogen and oxygen atoms in total. The second-order valence-corrected chi connectivity index (χ2v) is 5.14. The van der Waals surface area contributed by atoms with Crippen LogP contribution < -0.4 is 20.5 Å². The van der Waals surface area contributed by atoms with Gasteiger partial charge in [-0.15, -0.1) is 0 Å². The first-order chi connectivity index (χ1) is 11.9. The highest BCUT2D eigenvalue weighted by atomic mass is 35.5. The molecule has 0 heterocycles. The van der Waals surface area contributed by atoms with Crippen LogP contribution in [-0.4, -0.2) is 25.0 Å². The summed E-state index contributed by atoms with van der Waals surface area (Å²) in [6, 6.07) is 10.1. The van der Waals surface area contributed by atoms with E-state index in [2.05, 4.69) is 10.1 Å². The van der Waals surface area contributed by atoms with Crippen LogP contribution in [0, 0.1) is 0 Å². The van der Waals surface area contributed by atoms with Gasteiger partial charge in [0, 0.05) is 5.69 Å². The lowest BCUT2D eigenvalue weighted by Gasteiger charge is -2.12. The zero-order valence-electron chi connectivity index (χ0n) is 12.7. The first kappa shape index (κ1) is 18.5. The number of benzene rings is 2. The normalized spacial score (nSPS) is 10.4. The lowest BCUT2D eigenvalue weighted by molar-refractivity contribution is -0.119. The maximum absolute atomic E-state index is 12.4. The Hall–Kier alpha value is -2.87. The molecule has 2 aromatic rings. The van der Waals surface area contributed by atoms with Gasteiger partial charge in [0.2, 0.25) is 0 Å². The van der Waals surface area contributed by atoms with Crippen molar-refractivity contribution in [1.82, 2.24) is 0 Å². The third kappa shape index (κ3) is 5.32. The van der Waals surface area contributed by atoms with Crippen molar-refractivity contribution in [2.24, 2.45) is 5.73 Å². The summed E-state index contributed by atoms with van der Waals surface area (Å²) in [6.45, 7) is -3.39. The predicted octanol–water partition coefficient (Wildman–Crippen LogP) is 3.06. The van der Waals surface area contributed by atoms with Crippen LogP contribution in [0.2, 0.25) is 5.02 Å². The number of para-hydroxylation sites is 1. The van der Waals surface area contributed by atoms with Crippen molar-refractivity contribution >= 4 is 29.1 Å². The first-order valence-electron chi connectivity index (χ1n) is 6.92. The van der Waals surface area contributed by atoms with Gasteiger partial charge >= 0.3 is 6.61 Å². The highest BCUT2D eigenvalue weighted by Crippen LogP contribution is 2.29. The summed E-state index contributed by atoms with van der Waals surface area (Å²) < 4.78 is 33.8. The highest BCUT2D eigenvalue weighted by Gasteiger charge is 2.15. The third-order valence-electron chi connectivity index (χ3n) is 2.91. The summed E-state index contributed by atoms with van der Waals surface area (Å²) >= 11 is 5.83. The number of carbonyl (C=O) groups excluding carboxylic acids is 2. The van der Waals surface area contributed by atoms with Crippen molar-refractivity contribution in [3.63, 3.8) is 0 Å². The number of amides is 2. The number of carbonyl (C=O) groups is 2. The average molecular weight is 371 g/mol. The zero-order chi connectivity index (χ0) is 18.4. The Labute approximate surface area is 146 Å². The minimum absolute atomic E-state index is 0.0867. The maximum Gasteiger partial charge on any atom is 0.387 e. The van der Waals surface area contributed by atoms with Crippen molar-refractivity contribution in [2.75, 3.05) is 11.9 Å². The zero-order valence-corrected chi connectivity index (χ0v) is 13.4. The molecule has 0 spiro atoms. The molecule has 0 aliphatic carbocycles. The summed E-state index contributed by atoms with van der Waals surface area (Å²) in [5, 5.41) is 2.46. The van der Waals surface area contributed by atoms with Crippen molar-refractivity contribution in [2.45, 2.75) is 6.61 Å². The molecule has 0 aromatic heterocycles. The van der Waals surface area contributed by atoms with Crippen molar-refractivity contribution < 1.29 is 27.8 Å². The molecule has 0 radical (unpaired) electrons. The van der Waals surface area contributed by atoms with Gasteiger partial charge in [-0.3, -0.25) is 9.59 Å². The van der Waals surface area contributed by atoms with Crippen LogP contribution in [0.1, 0.15) is 10.4 Å². The standard InChI is InChI=1S/C16H13ClF2N2O4/c17-11-7-9(5-6-13(11)25-16(18)19)21-15(23)10-3-1-2-4-12(10)24-8-14(20)22/h1-7,16H,8H2,(H2,20,22)(H,21,23). The van der Waals surface area contributed by atoms with Crippen LogP contribution in [0.5, 0.6) is 11.5 Å². The molecular weight excluding hydrogens is 358 g/mol. The molecule has 0 saturated heterocycles. The topological polar surface area (TPSA) is 90.7 Å². The van der Waals surface area contributed by atoms with Gasteiger partial charge in [-0.25, -0.2) is 0 Å². The number of ether oxygens (including phenoxy) is 2. The number of hydrogen-bond donors (Lipinski definition) is 2. The van der Waals surface area contributed by atoms with Gasteiger partial charge in [0.15, 0.2) is 6.61 Å². The summed E-state index contributed by atoms with van der Waals surface area (Å²) in [5.74, 6) is -1.27. The average Bonchev–Trinajstić information content (AvgIpc) is 2.55. The molecule has 2 rings (SSSR count). The molecule has 2 aromatic carbocycles. The largest absolute Gasteiger partial charge is 0.483 e. The molecule has 25 heavy (non-hydrogen) atoms. The number of hydrogen-bond acceptors (Lipinski definition) is 4. The lowest BCUT2D eigenvalue weighted by atomic mass is 10.2. The number of nitrogens with one attached hydrogen (secondary N) is 1. The molecule has 9 heteroatoms. The third-order valence-corrected chi connectivity index (χ3v) is 3.20.